The minimum absolute atomic E-state index is 0.0261. The van der Waals surface area contributed by atoms with E-state index in [0.29, 0.717) is 24.2 Å². The van der Waals surface area contributed by atoms with Crippen LogP contribution < -0.4 is 20.7 Å². The molecule has 1 fully saturated rings. The lowest BCUT2D eigenvalue weighted by Crippen LogP contribution is -2.44. The Morgan fingerprint density at radius 1 is 1.12 bits per heavy atom. The van der Waals surface area contributed by atoms with E-state index in [4.69, 9.17) is 10.5 Å². The van der Waals surface area contributed by atoms with Gasteiger partial charge in [0.05, 0.1) is 5.69 Å². The van der Waals surface area contributed by atoms with Crippen LogP contribution in [0.4, 0.5) is 27.3 Å². The lowest BCUT2D eigenvalue weighted by molar-refractivity contribution is 0.111. The summed E-state index contributed by atoms with van der Waals surface area (Å²) >= 11 is 0. The van der Waals surface area contributed by atoms with Crippen molar-refractivity contribution in [3.05, 3.63) is 59.7 Å². The van der Waals surface area contributed by atoms with Crippen molar-refractivity contribution in [1.82, 2.24) is 14.9 Å². The summed E-state index contributed by atoms with van der Waals surface area (Å²) in [4.78, 5) is 25.2. The molecule has 8 nitrogen and oxygen atoms in total. The van der Waals surface area contributed by atoms with Gasteiger partial charge in [0.1, 0.15) is 23.0 Å². The number of hydrogen-bond donors (Lipinski definition) is 2. The number of anilines is 4. The number of carbonyl (C=O) groups is 1. The van der Waals surface area contributed by atoms with Gasteiger partial charge in [0.15, 0.2) is 12.1 Å². The van der Waals surface area contributed by atoms with E-state index in [2.05, 4.69) is 32.1 Å². The molecule has 1 aliphatic rings. The fourth-order valence-electron chi connectivity index (χ4n) is 3.61. The van der Waals surface area contributed by atoms with Gasteiger partial charge in [-0.3, -0.25) is 4.79 Å². The molecule has 0 saturated carbocycles. The Balaban J connectivity index is 1.57. The normalized spacial score (nSPS) is 14.2. The number of nitrogen functional groups attached to an aromatic ring is 1. The zero-order valence-electron chi connectivity index (χ0n) is 18.7. The first-order valence-corrected chi connectivity index (χ1v) is 10.9. The quantitative estimate of drug-likeness (QED) is 0.414. The first-order valence-electron chi connectivity index (χ1n) is 10.9. The highest BCUT2D eigenvalue weighted by molar-refractivity contribution is 5.82. The van der Waals surface area contributed by atoms with Crippen LogP contribution in [-0.2, 0) is 6.42 Å². The number of nitrogens with two attached hydrogens (primary N) is 1. The number of carbonyl (C=O) groups excluding carboxylic acids is 1. The van der Waals surface area contributed by atoms with Gasteiger partial charge in [-0.2, -0.15) is 4.98 Å². The van der Waals surface area contributed by atoms with E-state index in [-0.39, 0.29) is 23.1 Å². The minimum atomic E-state index is -0.525. The molecule has 3 aromatic rings. The topological polar surface area (TPSA) is 96.6 Å². The summed E-state index contributed by atoms with van der Waals surface area (Å²) in [6.45, 7) is 5.91. The van der Waals surface area contributed by atoms with Crippen molar-refractivity contribution in [2.45, 2.75) is 13.3 Å². The molecule has 2 aromatic carbocycles. The molecule has 3 N–H and O–H groups in total. The summed E-state index contributed by atoms with van der Waals surface area (Å²) in [6, 6.07) is 12.0. The smallest absolute Gasteiger partial charge is 0.243 e. The molecule has 0 aliphatic carbocycles. The third-order valence-corrected chi connectivity index (χ3v) is 5.59. The highest BCUT2D eigenvalue weighted by Gasteiger charge is 2.17. The lowest BCUT2D eigenvalue weighted by Gasteiger charge is -2.34. The maximum atomic E-state index is 13.5. The summed E-state index contributed by atoms with van der Waals surface area (Å²) in [6.07, 6.45) is 1.16. The number of aryl methyl sites for hydroxylation is 1. The fourth-order valence-corrected chi connectivity index (χ4v) is 3.61. The van der Waals surface area contributed by atoms with Crippen molar-refractivity contribution in [2.24, 2.45) is 0 Å². The van der Waals surface area contributed by atoms with Crippen LogP contribution in [0.3, 0.4) is 0 Å². The number of benzene rings is 2. The van der Waals surface area contributed by atoms with Gasteiger partial charge >= 0.3 is 0 Å². The second kappa shape index (κ2) is 9.83. The highest BCUT2D eigenvalue weighted by Crippen LogP contribution is 2.29. The average molecular weight is 451 g/mol. The number of aromatic nitrogens is 2. The molecule has 172 valence electrons. The van der Waals surface area contributed by atoms with Crippen molar-refractivity contribution < 1.29 is 13.9 Å². The first-order chi connectivity index (χ1) is 16.0. The molecule has 1 saturated heterocycles. The number of piperazine rings is 1. The predicted octanol–water partition coefficient (Wildman–Crippen LogP) is 3.86. The van der Waals surface area contributed by atoms with Crippen LogP contribution in [0.25, 0.3) is 0 Å². The summed E-state index contributed by atoms with van der Waals surface area (Å²) in [5.41, 5.74) is 8.22. The fraction of sp³-hybridized carbons (Fsp3) is 0.292. The summed E-state index contributed by atoms with van der Waals surface area (Å²) in [7, 11) is 2.13. The van der Waals surface area contributed by atoms with Crippen molar-refractivity contribution >= 4 is 29.2 Å². The van der Waals surface area contributed by atoms with Crippen molar-refractivity contribution in [1.29, 1.82) is 0 Å². The Morgan fingerprint density at radius 3 is 2.48 bits per heavy atom. The van der Waals surface area contributed by atoms with Gasteiger partial charge in [-0.15, -0.1) is 0 Å². The molecule has 0 radical (unpaired) electrons. The van der Waals surface area contributed by atoms with E-state index >= 15 is 0 Å². The van der Waals surface area contributed by atoms with Crippen LogP contribution >= 0.6 is 0 Å². The van der Waals surface area contributed by atoms with E-state index in [1.807, 2.05) is 31.2 Å². The van der Waals surface area contributed by atoms with E-state index in [9.17, 15) is 9.18 Å². The number of halogens is 1. The molecule has 0 atom stereocenters. The molecule has 0 spiro atoms. The molecule has 1 aliphatic heterocycles. The zero-order chi connectivity index (χ0) is 23.4. The number of ether oxygens (including phenoxy) is 1. The molecule has 33 heavy (non-hydrogen) atoms. The SMILES string of the molecule is CCc1nc(C=O)c(Nc2ccc(N3CCN(C)CC3)cc2)nc1Oc1ccc(F)c(N)c1. The average Bonchev–Trinajstić information content (AvgIpc) is 2.83. The van der Waals surface area contributed by atoms with Gasteiger partial charge in [-0.05, 0) is 49.9 Å². The van der Waals surface area contributed by atoms with Gasteiger partial charge in [0.25, 0.3) is 0 Å². The Kier molecular flexibility index (Phi) is 6.69. The maximum absolute atomic E-state index is 13.5. The number of nitrogens with zero attached hydrogens (tertiary/aromatic N) is 4. The molecular weight excluding hydrogens is 423 g/mol. The van der Waals surface area contributed by atoms with Crippen LogP contribution in [-0.4, -0.2) is 54.4 Å². The molecule has 4 rings (SSSR count). The summed E-state index contributed by atoms with van der Waals surface area (Å²) in [5, 5.41) is 3.16. The number of nitrogens with one attached hydrogen (secondary N) is 1. The largest absolute Gasteiger partial charge is 0.437 e. The Hall–Kier alpha value is -3.72. The van der Waals surface area contributed by atoms with E-state index < -0.39 is 5.82 Å². The summed E-state index contributed by atoms with van der Waals surface area (Å²) in [5.74, 6) is 0.312. The van der Waals surface area contributed by atoms with E-state index in [1.165, 1.54) is 18.2 Å². The molecule has 0 unspecified atom stereocenters. The van der Waals surface area contributed by atoms with Gasteiger partial charge in [0, 0.05) is 43.6 Å². The highest BCUT2D eigenvalue weighted by atomic mass is 19.1. The Labute approximate surface area is 192 Å². The van der Waals surface area contributed by atoms with Gasteiger partial charge in [-0.1, -0.05) is 6.92 Å². The molecule has 9 heteroatoms. The molecular formula is C24H27FN6O2. The standard InChI is InChI=1S/C24H27FN6O2/c1-3-21-24(33-18-8-9-19(25)20(26)14-18)29-23(22(15-32)28-21)27-16-4-6-17(7-5-16)31-12-10-30(2)11-13-31/h4-9,14-15H,3,10-13,26H2,1-2H3,(H,27,29). The van der Waals surface area contributed by atoms with Crippen LogP contribution in [0, 0.1) is 5.82 Å². The molecule has 2 heterocycles. The van der Waals surface area contributed by atoms with Gasteiger partial charge in [-0.25, -0.2) is 9.37 Å². The Bertz CT molecular complexity index is 1130. The van der Waals surface area contributed by atoms with E-state index in [0.717, 1.165) is 37.6 Å². The maximum Gasteiger partial charge on any atom is 0.243 e. The number of hydrogen-bond acceptors (Lipinski definition) is 8. The second-order valence-corrected chi connectivity index (χ2v) is 7.93. The summed E-state index contributed by atoms with van der Waals surface area (Å²) < 4.78 is 19.3. The molecule has 1 aromatic heterocycles. The van der Waals surface area contributed by atoms with Crippen molar-refractivity contribution in [3.8, 4) is 11.6 Å². The minimum Gasteiger partial charge on any atom is -0.437 e. The first kappa shape index (κ1) is 22.5. The molecule has 0 amide bonds. The lowest BCUT2D eigenvalue weighted by atomic mass is 10.2. The number of likely N-dealkylation sites (N-methyl/N-ethyl adjacent to an activating group) is 1. The van der Waals surface area contributed by atoms with Crippen LogP contribution in [0.2, 0.25) is 0 Å². The van der Waals surface area contributed by atoms with Gasteiger partial charge in [0.2, 0.25) is 5.88 Å². The second-order valence-electron chi connectivity index (χ2n) is 7.93. The van der Waals surface area contributed by atoms with Crippen LogP contribution in [0.1, 0.15) is 23.1 Å². The predicted molar refractivity (Wildman–Crippen MR) is 127 cm³/mol. The van der Waals surface area contributed by atoms with Crippen molar-refractivity contribution in [2.75, 3.05) is 49.2 Å². The van der Waals surface area contributed by atoms with Gasteiger partial charge < -0.3 is 25.6 Å². The Morgan fingerprint density at radius 2 is 1.85 bits per heavy atom. The van der Waals surface area contributed by atoms with Crippen molar-refractivity contribution in [3.63, 3.8) is 0 Å². The number of rotatable bonds is 7. The zero-order valence-corrected chi connectivity index (χ0v) is 18.7. The number of aldehydes is 1. The van der Waals surface area contributed by atoms with Crippen LogP contribution in [0.15, 0.2) is 42.5 Å². The molecule has 0 bridgehead atoms. The van der Waals surface area contributed by atoms with E-state index in [1.54, 1.807) is 0 Å². The third-order valence-electron chi connectivity index (χ3n) is 5.59. The monoisotopic (exact) mass is 450 g/mol. The van der Waals surface area contributed by atoms with Crippen LogP contribution in [0.5, 0.6) is 11.6 Å². The third kappa shape index (κ3) is 5.20.